The number of aryl methyl sites for hydroxylation is 1. The lowest BCUT2D eigenvalue weighted by Crippen LogP contribution is -2.30. The van der Waals surface area contributed by atoms with Crippen molar-refractivity contribution in [3.8, 4) is 0 Å². The first-order valence-electron chi connectivity index (χ1n) is 9.31. The molecule has 0 aliphatic rings. The summed E-state index contributed by atoms with van der Waals surface area (Å²) in [5.74, 6) is -0.0406. The van der Waals surface area contributed by atoms with E-state index in [1.54, 1.807) is 17.0 Å². The molecule has 0 saturated heterocycles. The van der Waals surface area contributed by atoms with Gasteiger partial charge in [-0.15, -0.1) is 11.3 Å². The quantitative estimate of drug-likeness (QED) is 0.484. The number of fused-ring (bicyclic) bond motifs is 1. The van der Waals surface area contributed by atoms with Crippen LogP contribution in [0.3, 0.4) is 0 Å². The first kappa shape index (κ1) is 21.8. The summed E-state index contributed by atoms with van der Waals surface area (Å²) in [5.41, 5.74) is 2.28. The van der Waals surface area contributed by atoms with Gasteiger partial charge in [-0.1, -0.05) is 23.7 Å². The third-order valence-electron chi connectivity index (χ3n) is 4.84. The van der Waals surface area contributed by atoms with E-state index in [0.717, 1.165) is 21.2 Å². The highest BCUT2D eigenvalue weighted by molar-refractivity contribution is 7.81. The molecule has 0 spiro atoms. The maximum absolute atomic E-state index is 12.6. The summed E-state index contributed by atoms with van der Waals surface area (Å²) in [4.78, 5) is 14.4. The highest BCUT2D eigenvalue weighted by Gasteiger charge is 2.21. The normalized spacial score (nSPS) is 12.2. The van der Waals surface area contributed by atoms with Crippen molar-refractivity contribution in [1.82, 2.24) is 4.90 Å². The van der Waals surface area contributed by atoms with Crippen molar-refractivity contribution in [2.45, 2.75) is 27.3 Å². The predicted octanol–water partition coefficient (Wildman–Crippen LogP) is 5.49. The molecular weight excluding hydrogens is 428 g/mol. The number of nitrogens with zero attached hydrogens (tertiary/aromatic N) is 2. The second-order valence-electron chi connectivity index (χ2n) is 6.62. The standard InChI is InChI=1S/C21H23ClN2O3S2/c1-4-23(5-2)20(25)16-8-6-7-15(11-16)13-24(29(26)27)21-14(3)18-12-17(22)9-10-19(18)28-21/h6-12H,4-5,13H2,1-3H3,(H,26,27). The van der Waals surface area contributed by atoms with Crippen LogP contribution in [0.1, 0.15) is 35.3 Å². The van der Waals surface area contributed by atoms with Crippen LogP contribution in [0.2, 0.25) is 5.02 Å². The van der Waals surface area contributed by atoms with Crippen molar-refractivity contribution in [2.75, 3.05) is 17.4 Å². The summed E-state index contributed by atoms with van der Waals surface area (Å²) in [6.07, 6.45) is 0. The number of rotatable bonds is 7. The van der Waals surface area contributed by atoms with Crippen LogP contribution in [0.4, 0.5) is 5.00 Å². The van der Waals surface area contributed by atoms with Gasteiger partial charge in [0.25, 0.3) is 17.2 Å². The molecule has 3 rings (SSSR count). The number of halogens is 1. The van der Waals surface area contributed by atoms with Gasteiger partial charge in [0.15, 0.2) is 0 Å². The third kappa shape index (κ3) is 4.64. The van der Waals surface area contributed by atoms with Crippen LogP contribution in [0.15, 0.2) is 42.5 Å². The first-order valence-corrected chi connectivity index (χ1v) is 11.6. The van der Waals surface area contributed by atoms with Gasteiger partial charge in [-0.05, 0) is 67.6 Å². The molecule has 0 radical (unpaired) electrons. The molecule has 29 heavy (non-hydrogen) atoms. The monoisotopic (exact) mass is 450 g/mol. The lowest BCUT2D eigenvalue weighted by molar-refractivity contribution is 0.0773. The number of amides is 1. The molecule has 1 atom stereocenters. The molecule has 2 aromatic carbocycles. The molecule has 3 aromatic rings. The molecule has 0 aliphatic heterocycles. The lowest BCUT2D eigenvalue weighted by Gasteiger charge is -2.21. The Morgan fingerprint density at radius 3 is 2.55 bits per heavy atom. The molecule has 1 heterocycles. The predicted molar refractivity (Wildman–Crippen MR) is 122 cm³/mol. The number of carbonyl (C=O) groups excluding carboxylic acids is 1. The molecular formula is C21H23ClN2O3S2. The van der Waals surface area contributed by atoms with E-state index >= 15 is 0 Å². The fraction of sp³-hybridized carbons (Fsp3) is 0.286. The third-order valence-corrected chi connectivity index (χ3v) is 7.17. The molecule has 1 amide bonds. The van der Waals surface area contributed by atoms with Crippen molar-refractivity contribution in [1.29, 1.82) is 0 Å². The maximum atomic E-state index is 12.6. The molecule has 0 fully saturated rings. The summed E-state index contributed by atoms with van der Waals surface area (Å²) >= 11 is 5.35. The van der Waals surface area contributed by atoms with Gasteiger partial charge in [0.05, 0.1) is 6.54 Å². The fourth-order valence-corrected chi connectivity index (χ4v) is 5.39. The zero-order valence-electron chi connectivity index (χ0n) is 16.5. The highest BCUT2D eigenvalue weighted by atomic mass is 35.5. The summed E-state index contributed by atoms with van der Waals surface area (Å²) in [6, 6.07) is 12.8. The summed E-state index contributed by atoms with van der Waals surface area (Å²) in [5, 5.41) is 2.31. The number of thiophene rings is 1. The lowest BCUT2D eigenvalue weighted by atomic mass is 10.1. The van der Waals surface area contributed by atoms with E-state index in [4.69, 9.17) is 11.6 Å². The largest absolute Gasteiger partial charge is 0.339 e. The molecule has 154 valence electrons. The van der Waals surface area contributed by atoms with E-state index in [9.17, 15) is 13.6 Å². The fourth-order valence-electron chi connectivity index (χ4n) is 3.28. The molecule has 5 nitrogen and oxygen atoms in total. The average Bonchev–Trinajstić information content (AvgIpc) is 3.02. The molecule has 0 aliphatic carbocycles. The summed E-state index contributed by atoms with van der Waals surface area (Å²) in [6.45, 7) is 7.29. The van der Waals surface area contributed by atoms with Gasteiger partial charge in [0, 0.05) is 28.4 Å². The van der Waals surface area contributed by atoms with Crippen molar-refractivity contribution in [2.24, 2.45) is 0 Å². The number of benzene rings is 2. The Balaban J connectivity index is 1.95. The topological polar surface area (TPSA) is 60.9 Å². The molecule has 1 N–H and O–H groups in total. The van der Waals surface area contributed by atoms with Gasteiger partial charge in [-0.2, -0.15) is 0 Å². The van der Waals surface area contributed by atoms with Crippen LogP contribution in [0.5, 0.6) is 0 Å². The van der Waals surface area contributed by atoms with Gasteiger partial charge in [0.2, 0.25) is 0 Å². The van der Waals surface area contributed by atoms with E-state index < -0.39 is 11.3 Å². The van der Waals surface area contributed by atoms with Crippen LogP contribution in [0.25, 0.3) is 10.1 Å². The Kier molecular flexibility index (Phi) is 6.95. The second kappa shape index (κ2) is 9.26. The SMILES string of the molecule is CCN(CC)C(=O)c1cccc(CN(c2sc3ccc(Cl)cc3c2C)S(=O)O)c1. The smallest absolute Gasteiger partial charge is 0.262 e. The zero-order valence-corrected chi connectivity index (χ0v) is 18.9. The van der Waals surface area contributed by atoms with Gasteiger partial charge in [-0.25, -0.2) is 4.21 Å². The second-order valence-corrected chi connectivity index (χ2v) is 8.99. The van der Waals surface area contributed by atoms with E-state index in [-0.39, 0.29) is 12.5 Å². The van der Waals surface area contributed by atoms with Gasteiger partial charge >= 0.3 is 0 Å². The Morgan fingerprint density at radius 1 is 1.17 bits per heavy atom. The Labute approximate surface area is 182 Å². The molecule has 1 unspecified atom stereocenters. The minimum absolute atomic E-state index is 0.0406. The minimum Gasteiger partial charge on any atom is -0.339 e. The molecule has 1 aromatic heterocycles. The van der Waals surface area contributed by atoms with Crippen LogP contribution in [-0.4, -0.2) is 32.7 Å². The number of carbonyl (C=O) groups is 1. The van der Waals surface area contributed by atoms with Crippen LogP contribution >= 0.6 is 22.9 Å². The zero-order chi connectivity index (χ0) is 21.1. The van der Waals surface area contributed by atoms with Crippen LogP contribution in [-0.2, 0) is 17.8 Å². The molecule has 8 heteroatoms. The van der Waals surface area contributed by atoms with Gasteiger partial charge in [0.1, 0.15) is 5.00 Å². The van der Waals surface area contributed by atoms with E-state index in [2.05, 4.69) is 0 Å². The summed E-state index contributed by atoms with van der Waals surface area (Å²) < 4.78 is 24.6. The van der Waals surface area contributed by atoms with Crippen molar-refractivity contribution >= 4 is 55.2 Å². The highest BCUT2D eigenvalue weighted by Crippen LogP contribution is 2.39. The Bertz CT molecular complexity index is 1060. The Hall–Kier alpha value is -1.93. The van der Waals surface area contributed by atoms with Crippen LogP contribution in [0, 0.1) is 6.92 Å². The van der Waals surface area contributed by atoms with Crippen LogP contribution < -0.4 is 4.31 Å². The first-order chi connectivity index (χ1) is 13.8. The van der Waals surface area contributed by atoms with Gasteiger partial charge < -0.3 is 4.90 Å². The van der Waals surface area contributed by atoms with E-state index in [1.165, 1.54) is 15.6 Å². The number of hydrogen-bond donors (Lipinski definition) is 1. The van der Waals surface area contributed by atoms with Crippen molar-refractivity contribution in [3.05, 3.63) is 64.2 Å². The molecule has 0 saturated carbocycles. The molecule has 0 bridgehead atoms. The summed E-state index contributed by atoms with van der Waals surface area (Å²) in [7, 11) is 0. The van der Waals surface area contributed by atoms with Crippen molar-refractivity contribution < 1.29 is 13.6 Å². The van der Waals surface area contributed by atoms with Gasteiger partial charge in [-0.3, -0.25) is 13.7 Å². The van der Waals surface area contributed by atoms with Crippen molar-refractivity contribution in [3.63, 3.8) is 0 Å². The number of hydrogen-bond acceptors (Lipinski definition) is 3. The Morgan fingerprint density at radius 2 is 1.90 bits per heavy atom. The van der Waals surface area contributed by atoms with E-state index in [1.807, 2.05) is 51.1 Å². The van der Waals surface area contributed by atoms with E-state index in [0.29, 0.717) is 28.7 Å². The average molecular weight is 451 g/mol. The minimum atomic E-state index is -2.21. The maximum Gasteiger partial charge on any atom is 0.262 e. The number of anilines is 1.